The summed E-state index contributed by atoms with van der Waals surface area (Å²) in [5, 5.41) is 3.34. The summed E-state index contributed by atoms with van der Waals surface area (Å²) >= 11 is 1.74. The molecule has 0 radical (unpaired) electrons. The van der Waals surface area contributed by atoms with E-state index in [9.17, 15) is 0 Å². The smallest absolute Gasteiger partial charge is 0.0951 e. The minimum atomic E-state index is 0.167. The fraction of sp³-hybridized carbons (Fsp3) is 0.727. The lowest BCUT2D eigenvalue weighted by molar-refractivity contribution is 0.151. The molecule has 0 aliphatic rings. The Bertz CT molecular complexity index is 275. The Morgan fingerprint density at radius 1 is 1.43 bits per heavy atom. The highest BCUT2D eigenvalue weighted by atomic mass is 32.1. The predicted octanol–water partition coefficient (Wildman–Crippen LogP) is 3.02. The molecule has 2 nitrogen and oxygen atoms in total. The molecule has 0 spiro atoms. The molecule has 0 amide bonds. The van der Waals surface area contributed by atoms with Crippen LogP contribution in [0.3, 0.4) is 0 Å². The van der Waals surface area contributed by atoms with Crippen LogP contribution in [0.25, 0.3) is 0 Å². The largest absolute Gasteiger partial charge is 0.381 e. The third-order valence-electron chi connectivity index (χ3n) is 1.98. The van der Waals surface area contributed by atoms with Crippen LogP contribution in [0.2, 0.25) is 0 Å². The lowest BCUT2D eigenvalue weighted by Gasteiger charge is -2.14. The highest BCUT2D eigenvalue weighted by Gasteiger charge is 2.16. The maximum atomic E-state index is 5.30. The Morgan fingerprint density at radius 3 is 2.64 bits per heavy atom. The zero-order valence-corrected chi connectivity index (χ0v) is 10.3. The molecule has 0 fully saturated rings. The summed E-state index contributed by atoms with van der Waals surface area (Å²) in [6, 6.07) is 0. The SMILES string of the molecule is CCOCCc1nc(C(C)(C)C)cs1. The molecule has 1 heterocycles. The molecule has 1 rings (SSSR count). The lowest BCUT2D eigenvalue weighted by Crippen LogP contribution is -2.11. The van der Waals surface area contributed by atoms with E-state index in [0.29, 0.717) is 0 Å². The molecule has 0 aliphatic heterocycles. The molecule has 0 aliphatic carbocycles. The molecule has 80 valence electrons. The topological polar surface area (TPSA) is 22.1 Å². The number of hydrogen-bond acceptors (Lipinski definition) is 3. The van der Waals surface area contributed by atoms with E-state index >= 15 is 0 Å². The Labute approximate surface area is 90.3 Å². The second-order valence-corrected chi connectivity index (χ2v) is 5.27. The number of ether oxygens (including phenoxy) is 1. The molecule has 0 aromatic carbocycles. The van der Waals surface area contributed by atoms with Gasteiger partial charge in [0.25, 0.3) is 0 Å². The van der Waals surface area contributed by atoms with E-state index in [1.165, 1.54) is 10.7 Å². The standard InChI is InChI=1S/C11H19NOS/c1-5-13-7-6-10-12-9(8-14-10)11(2,3)4/h8H,5-7H2,1-4H3. The van der Waals surface area contributed by atoms with Crippen molar-refractivity contribution < 1.29 is 4.74 Å². The Balaban J connectivity index is 2.51. The lowest BCUT2D eigenvalue weighted by atomic mass is 9.93. The third kappa shape index (κ3) is 3.39. The van der Waals surface area contributed by atoms with Gasteiger partial charge < -0.3 is 4.74 Å². The second-order valence-electron chi connectivity index (χ2n) is 4.32. The molecule has 0 atom stereocenters. The number of thiazole rings is 1. The van der Waals surface area contributed by atoms with Gasteiger partial charge in [-0.1, -0.05) is 20.8 Å². The van der Waals surface area contributed by atoms with E-state index in [4.69, 9.17) is 4.74 Å². The number of aromatic nitrogens is 1. The fourth-order valence-electron chi connectivity index (χ4n) is 1.07. The normalized spacial score (nSPS) is 12.0. The highest BCUT2D eigenvalue weighted by molar-refractivity contribution is 7.09. The van der Waals surface area contributed by atoms with Crippen molar-refractivity contribution in [3.8, 4) is 0 Å². The van der Waals surface area contributed by atoms with E-state index < -0.39 is 0 Å². The maximum Gasteiger partial charge on any atom is 0.0951 e. The zero-order chi connectivity index (χ0) is 10.6. The first-order chi connectivity index (χ1) is 6.54. The summed E-state index contributed by atoms with van der Waals surface area (Å²) in [5.74, 6) is 0. The van der Waals surface area contributed by atoms with E-state index in [1.54, 1.807) is 11.3 Å². The molecule has 0 saturated carbocycles. The molecule has 0 N–H and O–H groups in total. The van der Waals surface area contributed by atoms with Gasteiger partial charge in [-0.3, -0.25) is 0 Å². The average Bonchev–Trinajstić information content (AvgIpc) is 2.52. The van der Waals surface area contributed by atoms with Crippen LogP contribution in [0.15, 0.2) is 5.38 Å². The van der Waals surface area contributed by atoms with E-state index in [0.717, 1.165) is 19.6 Å². The first-order valence-corrected chi connectivity index (χ1v) is 5.94. The van der Waals surface area contributed by atoms with Crippen molar-refractivity contribution in [3.63, 3.8) is 0 Å². The van der Waals surface area contributed by atoms with Gasteiger partial charge >= 0.3 is 0 Å². The summed E-state index contributed by atoms with van der Waals surface area (Å²) in [6.45, 7) is 10.2. The van der Waals surface area contributed by atoms with Crippen LogP contribution in [0.1, 0.15) is 38.4 Å². The monoisotopic (exact) mass is 213 g/mol. The van der Waals surface area contributed by atoms with Gasteiger partial charge in [-0.2, -0.15) is 0 Å². The highest BCUT2D eigenvalue weighted by Crippen LogP contribution is 2.23. The molecular weight excluding hydrogens is 194 g/mol. The molecule has 0 bridgehead atoms. The number of hydrogen-bond donors (Lipinski definition) is 0. The van der Waals surface area contributed by atoms with Crippen LogP contribution >= 0.6 is 11.3 Å². The van der Waals surface area contributed by atoms with Crippen LogP contribution < -0.4 is 0 Å². The van der Waals surface area contributed by atoms with Gasteiger partial charge in [0.1, 0.15) is 0 Å². The van der Waals surface area contributed by atoms with Crippen molar-refractivity contribution in [2.45, 2.75) is 39.5 Å². The Hall–Kier alpha value is -0.410. The van der Waals surface area contributed by atoms with Gasteiger partial charge in [0.2, 0.25) is 0 Å². The van der Waals surface area contributed by atoms with Gasteiger partial charge in [0, 0.05) is 23.8 Å². The predicted molar refractivity (Wildman–Crippen MR) is 61.0 cm³/mol. The second kappa shape index (κ2) is 4.89. The molecule has 14 heavy (non-hydrogen) atoms. The van der Waals surface area contributed by atoms with Crippen LogP contribution in [0.4, 0.5) is 0 Å². The zero-order valence-electron chi connectivity index (χ0n) is 9.46. The van der Waals surface area contributed by atoms with Crippen LogP contribution in [0, 0.1) is 0 Å². The van der Waals surface area contributed by atoms with Gasteiger partial charge in [-0.05, 0) is 6.92 Å². The van der Waals surface area contributed by atoms with E-state index in [1.807, 2.05) is 6.92 Å². The summed E-state index contributed by atoms with van der Waals surface area (Å²) in [5.41, 5.74) is 1.36. The van der Waals surface area contributed by atoms with Crippen LogP contribution in [-0.2, 0) is 16.6 Å². The average molecular weight is 213 g/mol. The summed E-state index contributed by atoms with van der Waals surface area (Å²) in [4.78, 5) is 4.59. The third-order valence-corrected chi connectivity index (χ3v) is 2.89. The van der Waals surface area contributed by atoms with Crippen LogP contribution in [0.5, 0.6) is 0 Å². The molecule has 0 unspecified atom stereocenters. The van der Waals surface area contributed by atoms with Crippen molar-refractivity contribution in [2.75, 3.05) is 13.2 Å². The van der Waals surface area contributed by atoms with E-state index in [-0.39, 0.29) is 5.41 Å². The van der Waals surface area contributed by atoms with Crippen molar-refractivity contribution >= 4 is 11.3 Å². The quantitative estimate of drug-likeness (QED) is 0.717. The van der Waals surface area contributed by atoms with Gasteiger partial charge in [0.05, 0.1) is 17.3 Å². The van der Waals surface area contributed by atoms with Crippen LogP contribution in [-0.4, -0.2) is 18.2 Å². The van der Waals surface area contributed by atoms with Gasteiger partial charge in [0.15, 0.2) is 0 Å². The minimum absolute atomic E-state index is 0.167. The van der Waals surface area contributed by atoms with Crippen molar-refractivity contribution in [2.24, 2.45) is 0 Å². The van der Waals surface area contributed by atoms with E-state index in [2.05, 4.69) is 31.1 Å². The van der Waals surface area contributed by atoms with Gasteiger partial charge in [-0.25, -0.2) is 4.98 Å². The summed E-state index contributed by atoms with van der Waals surface area (Å²) in [7, 11) is 0. The maximum absolute atomic E-state index is 5.30. The summed E-state index contributed by atoms with van der Waals surface area (Å²) in [6.07, 6.45) is 0.939. The van der Waals surface area contributed by atoms with Crippen molar-refractivity contribution in [1.82, 2.24) is 4.98 Å². The molecule has 1 aromatic heterocycles. The van der Waals surface area contributed by atoms with Crippen molar-refractivity contribution in [3.05, 3.63) is 16.1 Å². The number of rotatable bonds is 4. The Morgan fingerprint density at radius 2 is 2.14 bits per heavy atom. The van der Waals surface area contributed by atoms with Gasteiger partial charge in [-0.15, -0.1) is 11.3 Å². The molecule has 3 heteroatoms. The number of nitrogens with zero attached hydrogens (tertiary/aromatic N) is 1. The Kier molecular flexibility index (Phi) is 4.08. The molecular formula is C11H19NOS. The first-order valence-electron chi connectivity index (χ1n) is 5.06. The summed E-state index contributed by atoms with van der Waals surface area (Å²) < 4.78 is 5.30. The molecule has 1 aromatic rings. The minimum Gasteiger partial charge on any atom is -0.381 e. The fourth-order valence-corrected chi connectivity index (χ4v) is 2.08. The first kappa shape index (κ1) is 11.7. The van der Waals surface area contributed by atoms with Crippen molar-refractivity contribution in [1.29, 1.82) is 0 Å². The molecule has 0 saturated heterocycles.